The molecule has 0 aliphatic heterocycles. The minimum absolute atomic E-state index is 0. The van der Waals surface area contributed by atoms with Gasteiger partial charge in [0.15, 0.2) is 0 Å². The molecule has 0 aromatic carbocycles. The predicted octanol–water partition coefficient (Wildman–Crippen LogP) is -7.82. The molecule has 0 spiro atoms. The number of hydrogen-bond acceptors (Lipinski definition) is 0. The summed E-state index contributed by atoms with van der Waals surface area (Å²) in [5.74, 6) is 0. The second-order valence-corrected chi connectivity index (χ2v) is 0. The van der Waals surface area contributed by atoms with Crippen molar-refractivity contribution >= 4 is 66.5 Å². The molecule has 0 N–H and O–H groups in total. The summed E-state index contributed by atoms with van der Waals surface area (Å²) >= 11 is 0. The molecule has 0 rings (SSSR count). The van der Waals surface area contributed by atoms with Crippen molar-refractivity contribution in [3.8, 4) is 0 Å². The van der Waals surface area contributed by atoms with Gasteiger partial charge in [-0.1, -0.05) is 0 Å². The monoisotopic (exact) mass is 254 g/mol. The standard InChI is InChI=1S/Ba.2FH.GeH4/h;2*1H;1H4/q+2;;;/p-2. The Kier molecular flexibility index (Phi) is 191. The molecule has 4 heavy (non-hydrogen) atoms. The zero-order valence-corrected chi connectivity index (χ0v) is 5.90. The van der Waals surface area contributed by atoms with Crippen LogP contribution in [-0.2, 0) is 0 Å². The van der Waals surface area contributed by atoms with E-state index in [9.17, 15) is 0 Å². The molecule has 0 atom stereocenters. The van der Waals surface area contributed by atoms with Crippen molar-refractivity contribution in [2.24, 2.45) is 0 Å². The summed E-state index contributed by atoms with van der Waals surface area (Å²) in [6, 6.07) is 0. The number of rotatable bonds is 0. The Morgan fingerprint density at radius 3 is 0.750 bits per heavy atom. The van der Waals surface area contributed by atoms with Crippen molar-refractivity contribution in [2.75, 3.05) is 0 Å². The van der Waals surface area contributed by atoms with Crippen molar-refractivity contribution in [3.05, 3.63) is 0 Å². The third-order valence-corrected chi connectivity index (χ3v) is 0. The van der Waals surface area contributed by atoms with Gasteiger partial charge in [-0.05, 0) is 0 Å². The van der Waals surface area contributed by atoms with Crippen LogP contribution < -0.4 is 9.41 Å². The van der Waals surface area contributed by atoms with Gasteiger partial charge in [-0.2, -0.15) is 0 Å². The van der Waals surface area contributed by atoms with E-state index in [-0.39, 0.29) is 75.9 Å². The molecule has 0 amide bonds. The van der Waals surface area contributed by atoms with E-state index < -0.39 is 0 Å². The van der Waals surface area contributed by atoms with E-state index in [1.807, 2.05) is 0 Å². The van der Waals surface area contributed by atoms with Crippen LogP contribution in [0.5, 0.6) is 0 Å². The van der Waals surface area contributed by atoms with Crippen LogP contribution in [0, 0.1) is 0 Å². The first-order chi connectivity index (χ1) is 0. The van der Waals surface area contributed by atoms with Crippen LogP contribution >= 0.6 is 0 Å². The fourth-order valence-corrected chi connectivity index (χ4v) is 0. The fraction of sp³-hybridized carbons (Fsp3) is 0. The zero-order valence-electron chi connectivity index (χ0n) is 1.46. The van der Waals surface area contributed by atoms with E-state index in [4.69, 9.17) is 0 Å². The summed E-state index contributed by atoms with van der Waals surface area (Å²) in [5.41, 5.74) is 0. The Bertz CT molecular complexity index is 6.00. The maximum atomic E-state index is 0. The normalized spacial score (nSPS) is 0. The van der Waals surface area contributed by atoms with Crippen LogP contribution in [0.1, 0.15) is 0 Å². The third-order valence-electron chi connectivity index (χ3n) is 0. The molecule has 0 nitrogen and oxygen atoms in total. The molecule has 0 fully saturated rings. The Morgan fingerprint density at radius 1 is 0.750 bits per heavy atom. The Labute approximate surface area is 74.5 Å². The third kappa shape index (κ3) is 9.02. The van der Waals surface area contributed by atoms with Gasteiger partial charge in [-0.25, -0.2) is 0 Å². The van der Waals surface area contributed by atoms with Crippen LogP contribution in [-0.4, -0.2) is 66.5 Å². The molecule has 0 saturated carbocycles. The van der Waals surface area contributed by atoms with Crippen molar-refractivity contribution in [1.82, 2.24) is 0 Å². The molecular formula is H4BaF2Ge. The van der Waals surface area contributed by atoms with Gasteiger partial charge in [0.1, 0.15) is 0 Å². The maximum absolute atomic E-state index is 0. The molecular weight excluding hydrogens is 248 g/mol. The summed E-state index contributed by atoms with van der Waals surface area (Å²) in [6.07, 6.45) is 0. The summed E-state index contributed by atoms with van der Waals surface area (Å²) in [4.78, 5) is 0. The quantitative estimate of drug-likeness (QED) is 0.376. The molecule has 0 saturated heterocycles. The molecule has 0 bridgehead atoms. The van der Waals surface area contributed by atoms with Crippen molar-refractivity contribution in [2.45, 2.75) is 0 Å². The second-order valence-electron chi connectivity index (χ2n) is 0. The minimum atomic E-state index is 0. The predicted molar refractivity (Wildman–Crippen MR) is 17.1 cm³/mol. The van der Waals surface area contributed by atoms with Crippen LogP contribution in [0.2, 0.25) is 0 Å². The van der Waals surface area contributed by atoms with Gasteiger partial charge in [0.25, 0.3) is 0 Å². The van der Waals surface area contributed by atoms with Gasteiger partial charge in [0, 0.05) is 0 Å². The van der Waals surface area contributed by atoms with E-state index in [1.165, 1.54) is 0 Å². The second kappa shape index (κ2) is 20.2. The first-order valence-corrected chi connectivity index (χ1v) is 0. The topological polar surface area (TPSA) is 0 Å². The number of halogens is 2. The summed E-state index contributed by atoms with van der Waals surface area (Å²) < 4.78 is 0. The molecule has 4 heteroatoms. The van der Waals surface area contributed by atoms with Crippen molar-refractivity contribution < 1.29 is 9.41 Å². The van der Waals surface area contributed by atoms with Crippen LogP contribution in [0.15, 0.2) is 0 Å². The van der Waals surface area contributed by atoms with E-state index in [0.29, 0.717) is 0 Å². The van der Waals surface area contributed by atoms with Crippen molar-refractivity contribution in [1.29, 1.82) is 0 Å². The van der Waals surface area contributed by atoms with Crippen molar-refractivity contribution in [3.63, 3.8) is 0 Å². The molecule has 0 aliphatic carbocycles. The van der Waals surface area contributed by atoms with Crippen LogP contribution in [0.25, 0.3) is 0 Å². The Morgan fingerprint density at radius 2 is 0.750 bits per heavy atom. The molecule has 0 aliphatic rings. The average molecular weight is 252 g/mol. The molecule has 0 heterocycles. The van der Waals surface area contributed by atoms with E-state index >= 15 is 0 Å². The van der Waals surface area contributed by atoms with Crippen LogP contribution in [0.4, 0.5) is 0 Å². The molecule has 0 aromatic rings. The van der Waals surface area contributed by atoms with E-state index in [0.717, 1.165) is 0 Å². The fourth-order valence-electron chi connectivity index (χ4n) is 0. The Hall–Kier alpha value is 1.97. The molecule has 0 radical (unpaired) electrons. The molecule has 0 aromatic heterocycles. The van der Waals surface area contributed by atoms with E-state index in [1.54, 1.807) is 0 Å². The van der Waals surface area contributed by atoms with E-state index in [2.05, 4.69) is 0 Å². The average Bonchev–Trinajstić information content (AvgIpc) is 0. The summed E-state index contributed by atoms with van der Waals surface area (Å²) in [5, 5.41) is 0. The SMILES string of the molecule is [Ba+2].[F-].[F-].[GeH4]. The first kappa shape index (κ1) is 37.9. The summed E-state index contributed by atoms with van der Waals surface area (Å²) in [7, 11) is 0. The van der Waals surface area contributed by atoms with Gasteiger partial charge < -0.3 is 9.41 Å². The molecule has 0 unspecified atom stereocenters. The van der Waals surface area contributed by atoms with Gasteiger partial charge in [-0.3, -0.25) is 0 Å². The molecule has 24 valence electrons. The zero-order chi connectivity index (χ0) is 0. The van der Waals surface area contributed by atoms with Gasteiger partial charge in [0.05, 0.1) is 0 Å². The van der Waals surface area contributed by atoms with Crippen LogP contribution in [0.3, 0.4) is 0 Å². The van der Waals surface area contributed by atoms with Gasteiger partial charge in [-0.15, -0.1) is 0 Å². The van der Waals surface area contributed by atoms with Gasteiger partial charge >= 0.3 is 66.5 Å². The van der Waals surface area contributed by atoms with Gasteiger partial charge in [0.2, 0.25) is 0 Å². The number of hydrogen-bond donors (Lipinski definition) is 0. The Balaban J connectivity index is 0. The summed E-state index contributed by atoms with van der Waals surface area (Å²) in [6.45, 7) is 0. The first-order valence-electron chi connectivity index (χ1n) is 0.